The minimum Gasteiger partial charge on any atom is -0.492 e. The summed E-state index contributed by atoms with van der Waals surface area (Å²) < 4.78 is 16.8. The monoisotopic (exact) mass is 418 g/mol. The SMILES string of the molecule is CN=C(NCc1cccc(OCCN(C)C2CCOCC2)c1)N1CCC(COC)C1. The molecule has 1 atom stereocenters. The molecule has 0 radical (unpaired) electrons. The van der Waals surface area contributed by atoms with Crippen LogP contribution in [0.25, 0.3) is 0 Å². The summed E-state index contributed by atoms with van der Waals surface area (Å²) >= 11 is 0. The zero-order valence-corrected chi connectivity index (χ0v) is 18.8. The normalized spacial score (nSPS) is 20.7. The lowest BCUT2D eigenvalue weighted by Gasteiger charge is -2.31. The first kappa shape index (κ1) is 22.8. The average molecular weight is 419 g/mol. The van der Waals surface area contributed by atoms with Crippen LogP contribution in [0.3, 0.4) is 0 Å². The zero-order valence-electron chi connectivity index (χ0n) is 18.8. The van der Waals surface area contributed by atoms with Crippen molar-refractivity contribution in [1.29, 1.82) is 0 Å². The van der Waals surface area contributed by atoms with Crippen molar-refractivity contribution in [3.63, 3.8) is 0 Å². The van der Waals surface area contributed by atoms with Crippen molar-refractivity contribution in [2.75, 3.05) is 67.3 Å². The van der Waals surface area contributed by atoms with E-state index in [1.165, 1.54) is 5.56 Å². The van der Waals surface area contributed by atoms with Gasteiger partial charge in [0, 0.05) is 65.5 Å². The molecule has 30 heavy (non-hydrogen) atoms. The molecule has 2 saturated heterocycles. The highest BCUT2D eigenvalue weighted by Crippen LogP contribution is 2.18. The molecule has 0 amide bonds. The van der Waals surface area contributed by atoms with Crippen LogP contribution in [0.15, 0.2) is 29.3 Å². The van der Waals surface area contributed by atoms with Crippen LogP contribution in [0.5, 0.6) is 5.75 Å². The van der Waals surface area contributed by atoms with Gasteiger partial charge in [0.25, 0.3) is 0 Å². The van der Waals surface area contributed by atoms with E-state index in [1.54, 1.807) is 7.11 Å². The molecule has 0 spiro atoms. The predicted octanol–water partition coefficient (Wildman–Crippen LogP) is 2.22. The standard InChI is InChI=1S/C23H38N4O3/c1-24-23(27-10-7-20(17-27)18-28-3)25-16-19-5-4-6-22(15-19)30-14-11-26(2)21-8-12-29-13-9-21/h4-6,15,20-21H,7-14,16-18H2,1-3H3,(H,24,25). The number of likely N-dealkylation sites (N-methyl/N-ethyl adjacent to an activating group) is 1. The van der Waals surface area contributed by atoms with Crippen LogP contribution in [0.4, 0.5) is 0 Å². The van der Waals surface area contributed by atoms with Crippen LogP contribution in [0, 0.1) is 5.92 Å². The third-order valence-corrected chi connectivity index (χ3v) is 6.08. The Labute approximate surface area is 181 Å². The number of hydrogen-bond acceptors (Lipinski definition) is 5. The van der Waals surface area contributed by atoms with E-state index in [0.29, 0.717) is 18.6 Å². The van der Waals surface area contributed by atoms with Crippen molar-refractivity contribution in [3.8, 4) is 5.75 Å². The number of methoxy groups -OCH3 is 1. The second-order valence-corrected chi connectivity index (χ2v) is 8.28. The van der Waals surface area contributed by atoms with Gasteiger partial charge in [0.2, 0.25) is 0 Å². The van der Waals surface area contributed by atoms with E-state index in [4.69, 9.17) is 14.2 Å². The van der Waals surface area contributed by atoms with E-state index < -0.39 is 0 Å². The fraction of sp³-hybridized carbons (Fsp3) is 0.696. The molecule has 1 unspecified atom stereocenters. The maximum atomic E-state index is 6.03. The lowest BCUT2D eigenvalue weighted by Crippen LogP contribution is -2.39. The largest absolute Gasteiger partial charge is 0.492 e. The minimum absolute atomic E-state index is 0.588. The van der Waals surface area contributed by atoms with Crippen LogP contribution < -0.4 is 10.1 Å². The summed E-state index contributed by atoms with van der Waals surface area (Å²) in [6.45, 7) is 6.94. The molecular formula is C23H38N4O3. The summed E-state index contributed by atoms with van der Waals surface area (Å²) in [6.07, 6.45) is 3.38. The molecule has 0 aromatic heterocycles. The Morgan fingerprint density at radius 2 is 2.13 bits per heavy atom. The van der Waals surface area contributed by atoms with Gasteiger partial charge in [-0.05, 0) is 44.0 Å². The van der Waals surface area contributed by atoms with Gasteiger partial charge >= 0.3 is 0 Å². The Morgan fingerprint density at radius 1 is 1.30 bits per heavy atom. The molecule has 1 aromatic rings. The number of benzene rings is 1. The second kappa shape index (κ2) is 12.1. The third-order valence-electron chi connectivity index (χ3n) is 6.08. The van der Waals surface area contributed by atoms with Crippen LogP contribution in [0.2, 0.25) is 0 Å². The summed E-state index contributed by atoms with van der Waals surface area (Å²) in [5.74, 6) is 2.47. The average Bonchev–Trinajstić information content (AvgIpc) is 3.24. The van der Waals surface area contributed by atoms with E-state index >= 15 is 0 Å². The van der Waals surface area contributed by atoms with E-state index in [0.717, 1.165) is 77.0 Å². The highest BCUT2D eigenvalue weighted by molar-refractivity contribution is 5.80. The summed E-state index contributed by atoms with van der Waals surface area (Å²) in [4.78, 5) is 9.17. The van der Waals surface area contributed by atoms with Crippen LogP contribution in [-0.4, -0.2) is 89.1 Å². The van der Waals surface area contributed by atoms with Crippen molar-refractivity contribution >= 4 is 5.96 Å². The molecule has 1 N–H and O–H groups in total. The Balaban J connectivity index is 1.42. The first-order valence-corrected chi connectivity index (χ1v) is 11.1. The summed E-state index contributed by atoms with van der Waals surface area (Å²) in [5.41, 5.74) is 1.19. The van der Waals surface area contributed by atoms with Gasteiger partial charge in [0.1, 0.15) is 12.4 Å². The highest BCUT2D eigenvalue weighted by atomic mass is 16.5. The second-order valence-electron chi connectivity index (χ2n) is 8.28. The molecular weight excluding hydrogens is 380 g/mol. The van der Waals surface area contributed by atoms with Crippen molar-refractivity contribution in [2.24, 2.45) is 10.9 Å². The Kier molecular flexibility index (Phi) is 9.24. The van der Waals surface area contributed by atoms with E-state index in [2.05, 4.69) is 45.4 Å². The van der Waals surface area contributed by atoms with E-state index in [9.17, 15) is 0 Å². The highest BCUT2D eigenvalue weighted by Gasteiger charge is 2.24. The molecule has 7 heteroatoms. The van der Waals surface area contributed by atoms with Gasteiger partial charge in [-0.2, -0.15) is 0 Å². The predicted molar refractivity (Wildman–Crippen MR) is 120 cm³/mol. The van der Waals surface area contributed by atoms with Crippen LogP contribution >= 0.6 is 0 Å². The molecule has 2 aliphatic heterocycles. The number of guanidine groups is 1. The Hall–Kier alpha value is -1.83. The summed E-state index contributed by atoms with van der Waals surface area (Å²) in [6, 6.07) is 8.94. The van der Waals surface area contributed by atoms with Gasteiger partial charge < -0.3 is 24.4 Å². The Bertz CT molecular complexity index is 664. The topological polar surface area (TPSA) is 58.6 Å². The maximum Gasteiger partial charge on any atom is 0.193 e. The smallest absolute Gasteiger partial charge is 0.193 e. The lowest BCUT2D eigenvalue weighted by atomic mass is 10.1. The van der Waals surface area contributed by atoms with Gasteiger partial charge in [-0.15, -0.1) is 0 Å². The van der Waals surface area contributed by atoms with Gasteiger partial charge in [-0.3, -0.25) is 9.89 Å². The van der Waals surface area contributed by atoms with Gasteiger partial charge in [0.15, 0.2) is 5.96 Å². The van der Waals surface area contributed by atoms with Crippen LogP contribution in [-0.2, 0) is 16.0 Å². The molecule has 2 heterocycles. The molecule has 7 nitrogen and oxygen atoms in total. The summed E-state index contributed by atoms with van der Waals surface area (Å²) in [5, 5.41) is 3.49. The molecule has 0 saturated carbocycles. The first-order valence-electron chi connectivity index (χ1n) is 11.1. The van der Waals surface area contributed by atoms with Crippen molar-refractivity contribution in [1.82, 2.24) is 15.1 Å². The summed E-state index contributed by atoms with van der Waals surface area (Å²) in [7, 11) is 5.80. The zero-order chi connectivity index (χ0) is 21.2. The number of likely N-dealkylation sites (tertiary alicyclic amines) is 1. The van der Waals surface area contributed by atoms with Gasteiger partial charge in [-0.1, -0.05) is 12.1 Å². The number of nitrogens with zero attached hydrogens (tertiary/aromatic N) is 3. The van der Waals surface area contributed by atoms with Crippen molar-refractivity contribution in [3.05, 3.63) is 29.8 Å². The molecule has 0 aliphatic carbocycles. The van der Waals surface area contributed by atoms with E-state index in [-0.39, 0.29) is 0 Å². The first-order chi connectivity index (χ1) is 14.7. The molecule has 2 fully saturated rings. The van der Waals surface area contributed by atoms with Crippen LogP contribution in [0.1, 0.15) is 24.8 Å². The van der Waals surface area contributed by atoms with Gasteiger partial charge in [-0.25, -0.2) is 0 Å². The minimum atomic E-state index is 0.588. The van der Waals surface area contributed by atoms with Crippen molar-refractivity contribution < 1.29 is 14.2 Å². The number of rotatable bonds is 9. The van der Waals surface area contributed by atoms with Crippen molar-refractivity contribution in [2.45, 2.75) is 31.8 Å². The number of hydrogen-bond donors (Lipinski definition) is 1. The van der Waals surface area contributed by atoms with E-state index in [1.807, 2.05) is 13.1 Å². The quantitative estimate of drug-likeness (QED) is 0.490. The Morgan fingerprint density at radius 3 is 2.90 bits per heavy atom. The number of nitrogens with one attached hydrogen (secondary N) is 1. The molecule has 2 aliphatic rings. The molecule has 0 bridgehead atoms. The fourth-order valence-electron chi connectivity index (χ4n) is 4.27. The maximum absolute atomic E-state index is 6.03. The molecule has 1 aromatic carbocycles. The third kappa shape index (κ3) is 6.86. The number of aliphatic imine (C=N–C) groups is 1. The fourth-order valence-corrected chi connectivity index (χ4v) is 4.27. The number of ether oxygens (including phenoxy) is 3. The molecule has 168 valence electrons. The lowest BCUT2D eigenvalue weighted by molar-refractivity contribution is 0.0392. The molecule has 3 rings (SSSR count). The van der Waals surface area contributed by atoms with Gasteiger partial charge in [0.05, 0.1) is 6.61 Å².